The fourth-order valence-corrected chi connectivity index (χ4v) is 3.12. The molecule has 0 radical (unpaired) electrons. The van der Waals surface area contributed by atoms with E-state index in [-0.39, 0.29) is 5.91 Å². The first kappa shape index (κ1) is 17.6. The second kappa shape index (κ2) is 7.06. The van der Waals surface area contributed by atoms with E-state index in [0.717, 1.165) is 28.0 Å². The van der Waals surface area contributed by atoms with Gasteiger partial charge in [-0.1, -0.05) is 47.5 Å². The van der Waals surface area contributed by atoms with Crippen LogP contribution in [0.1, 0.15) is 15.9 Å². The molecule has 6 heteroatoms. The van der Waals surface area contributed by atoms with Crippen LogP contribution in [-0.4, -0.2) is 15.9 Å². The first-order chi connectivity index (χ1) is 13.0. The standard InChI is InChI=1S/C21H15Cl2N3O/c1-12-6-7-13(20-24-17-4-2-3-5-18(17)25-20)11-19(12)26-21(27)14-8-9-15(22)16(23)10-14/h2-11H,1H3,(H,24,25)(H,26,27). The predicted molar refractivity (Wildman–Crippen MR) is 111 cm³/mol. The number of anilines is 1. The summed E-state index contributed by atoms with van der Waals surface area (Å²) in [5.41, 5.74) is 4.86. The van der Waals surface area contributed by atoms with Crippen LogP contribution in [0.5, 0.6) is 0 Å². The lowest BCUT2D eigenvalue weighted by atomic mass is 10.1. The third-order valence-electron chi connectivity index (χ3n) is 4.33. The molecule has 0 aliphatic heterocycles. The number of halogens is 2. The molecule has 0 bridgehead atoms. The van der Waals surface area contributed by atoms with Crippen molar-refractivity contribution < 1.29 is 4.79 Å². The van der Waals surface area contributed by atoms with Gasteiger partial charge in [0.05, 0.1) is 21.1 Å². The maximum atomic E-state index is 12.6. The van der Waals surface area contributed by atoms with Crippen LogP contribution in [0.3, 0.4) is 0 Å². The maximum Gasteiger partial charge on any atom is 0.255 e. The van der Waals surface area contributed by atoms with Crippen molar-refractivity contribution in [3.8, 4) is 11.4 Å². The van der Waals surface area contributed by atoms with Crippen LogP contribution in [0, 0.1) is 6.92 Å². The van der Waals surface area contributed by atoms with Gasteiger partial charge in [0, 0.05) is 16.8 Å². The molecule has 4 nitrogen and oxygen atoms in total. The van der Waals surface area contributed by atoms with Gasteiger partial charge in [0.25, 0.3) is 5.91 Å². The van der Waals surface area contributed by atoms with Gasteiger partial charge < -0.3 is 10.3 Å². The monoisotopic (exact) mass is 395 g/mol. The van der Waals surface area contributed by atoms with Crippen LogP contribution < -0.4 is 5.32 Å². The molecule has 0 spiro atoms. The number of hydrogen-bond acceptors (Lipinski definition) is 2. The van der Waals surface area contributed by atoms with Gasteiger partial charge in [-0.2, -0.15) is 0 Å². The van der Waals surface area contributed by atoms with Crippen LogP contribution >= 0.6 is 23.2 Å². The van der Waals surface area contributed by atoms with Crippen LogP contribution in [0.15, 0.2) is 60.7 Å². The lowest BCUT2D eigenvalue weighted by Crippen LogP contribution is -2.12. The maximum absolute atomic E-state index is 12.6. The summed E-state index contributed by atoms with van der Waals surface area (Å²) >= 11 is 11.9. The molecule has 0 unspecified atom stereocenters. The van der Waals surface area contributed by atoms with E-state index >= 15 is 0 Å². The number of carbonyl (C=O) groups excluding carboxylic acids is 1. The fourth-order valence-electron chi connectivity index (χ4n) is 2.83. The number of rotatable bonds is 3. The Labute approximate surface area is 166 Å². The van der Waals surface area contributed by atoms with Gasteiger partial charge in [-0.25, -0.2) is 4.98 Å². The molecule has 1 amide bonds. The lowest BCUT2D eigenvalue weighted by molar-refractivity contribution is 0.102. The zero-order valence-electron chi connectivity index (χ0n) is 14.4. The molecule has 134 valence electrons. The number of carbonyl (C=O) groups is 1. The number of benzene rings is 3. The molecule has 0 aliphatic rings. The molecule has 0 saturated carbocycles. The van der Waals surface area contributed by atoms with Crippen molar-refractivity contribution in [2.75, 3.05) is 5.32 Å². The number of aryl methyl sites for hydroxylation is 1. The Morgan fingerprint density at radius 3 is 2.59 bits per heavy atom. The number of H-pyrrole nitrogens is 1. The molecule has 1 aromatic heterocycles. The molecule has 27 heavy (non-hydrogen) atoms. The van der Waals surface area contributed by atoms with Crippen LogP contribution in [0.25, 0.3) is 22.4 Å². The summed E-state index contributed by atoms with van der Waals surface area (Å²) in [5.74, 6) is 0.500. The van der Waals surface area contributed by atoms with Gasteiger partial charge in [0.1, 0.15) is 5.82 Å². The number of aromatic nitrogens is 2. The Morgan fingerprint density at radius 1 is 1.00 bits per heavy atom. The number of amides is 1. The van der Waals surface area contributed by atoms with E-state index in [4.69, 9.17) is 23.2 Å². The average molecular weight is 396 g/mol. The molecule has 1 heterocycles. The molecule has 4 rings (SSSR count). The zero-order valence-corrected chi connectivity index (χ0v) is 15.9. The Morgan fingerprint density at radius 2 is 1.81 bits per heavy atom. The summed E-state index contributed by atoms with van der Waals surface area (Å²) in [6.07, 6.45) is 0. The number of hydrogen-bond donors (Lipinski definition) is 2. The van der Waals surface area contributed by atoms with E-state index in [0.29, 0.717) is 21.3 Å². The zero-order chi connectivity index (χ0) is 19.0. The summed E-state index contributed by atoms with van der Waals surface area (Å²) in [6, 6.07) is 18.5. The van der Waals surface area contributed by atoms with Crippen molar-refractivity contribution in [3.63, 3.8) is 0 Å². The number of imidazole rings is 1. The van der Waals surface area contributed by atoms with Gasteiger partial charge in [-0.15, -0.1) is 0 Å². The average Bonchev–Trinajstić information content (AvgIpc) is 3.10. The molecule has 0 aliphatic carbocycles. The second-order valence-electron chi connectivity index (χ2n) is 6.22. The molecule has 3 aromatic carbocycles. The first-order valence-corrected chi connectivity index (χ1v) is 9.09. The third-order valence-corrected chi connectivity index (χ3v) is 5.07. The SMILES string of the molecule is Cc1ccc(-c2nc3ccccc3[nH]2)cc1NC(=O)c1ccc(Cl)c(Cl)c1. The summed E-state index contributed by atoms with van der Waals surface area (Å²) in [4.78, 5) is 20.5. The van der Waals surface area contributed by atoms with Gasteiger partial charge in [-0.05, 0) is 48.9 Å². The highest BCUT2D eigenvalue weighted by Crippen LogP contribution is 2.27. The van der Waals surface area contributed by atoms with E-state index in [1.807, 2.05) is 49.4 Å². The van der Waals surface area contributed by atoms with Crippen molar-refractivity contribution in [3.05, 3.63) is 81.8 Å². The van der Waals surface area contributed by atoms with Crippen LogP contribution in [-0.2, 0) is 0 Å². The van der Waals surface area contributed by atoms with Gasteiger partial charge in [-0.3, -0.25) is 4.79 Å². The highest BCUT2D eigenvalue weighted by atomic mass is 35.5. The van der Waals surface area contributed by atoms with Gasteiger partial charge in [0.2, 0.25) is 0 Å². The first-order valence-electron chi connectivity index (χ1n) is 8.33. The molecule has 4 aromatic rings. The van der Waals surface area contributed by atoms with Crippen LogP contribution in [0.4, 0.5) is 5.69 Å². The number of nitrogens with zero attached hydrogens (tertiary/aromatic N) is 1. The number of nitrogens with one attached hydrogen (secondary N) is 2. The minimum absolute atomic E-state index is 0.251. The van der Waals surface area contributed by atoms with E-state index in [1.165, 1.54) is 0 Å². The van der Waals surface area contributed by atoms with E-state index in [9.17, 15) is 4.79 Å². The quantitative estimate of drug-likeness (QED) is 0.440. The van der Waals surface area contributed by atoms with Crippen molar-refractivity contribution >= 4 is 45.8 Å². The molecule has 0 atom stereocenters. The van der Waals surface area contributed by atoms with E-state index in [2.05, 4.69) is 15.3 Å². The van der Waals surface area contributed by atoms with Crippen molar-refractivity contribution in [1.82, 2.24) is 9.97 Å². The Kier molecular flexibility index (Phi) is 4.60. The van der Waals surface area contributed by atoms with Gasteiger partial charge in [0.15, 0.2) is 0 Å². The Bertz CT molecular complexity index is 1130. The number of aromatic amines is 1. The summed E-state index contributed by atoms with van der Waals surface area (Å²) < 4.78 is 0. The number of para-hydroxylation sites is 2. The molecule has 0 saturated heterocycles. The largest absolute Gasteiger partial charge is 0.338 e. The minimum atomic E-state index is -0.251. The third kappa shape index (κ3) is 3.54. The molecule has 2 N–H and O–H groups in total. The molecular weight excluding hydrogens is 381 g/mol. The lowest BCUT2D eigenvalue weighted by Gasteiger charge is -2.10. The van der Waals surface area contributed by atoms with Crippen molar-refractivity contribution in [2.45, 2.75) is 6.92 Å². The van der Waals surface area contributed by atoms with Crippen molar-refractivity contribution in [2.24, 2.45) is 0 Å². The summed E-state index contributed by atoms with van der Waals surface area (Å²) in [6.45, 7) is 1.94. The second-order valence-corrected chi connectivity index (χ2v) is 7.03. The van der Waals surface area contributed by atoms with Crippen LogP contribution in [0.2, 0.25) is 10.0 Å². The summed E-state index contributed by atoms with van der Waals surface area (Å²) in [5, 5.41) is 3.69. The summed E-state index contributed by atoms with van der Waals surface area (Å²) in [7, 11) is 0. The Balaban J connectivity index is 1.66. The van der Waals surface area contributed by atoms with Crippen molar-refractivity contribution in [1.29, 1.82) is 0 Å². The Hall–Kier alpha value is -2.82. The molecule has 0 fully saturated rings. The molecular formula is C21H15Cl2N3O. The topological polar surface area (TPSA) is 57.8 Å². The highest BCUT2D eigenvalue weighted by Gasteiger charge is 2.12. The minimum Gasteiger partial charge on any atom is -0.338 e. The number of fused-ring (bicyclic) bond motifs is 1. The fraction of sp³-hybridized carbons (Fsp3) is 0.0476. The normalized spacial score (nSPS) is 10.9. The van der Waals surface area contributed by atoms with E-state index < -0.39 is 0 Å². The smallest absolute Gasteiger partial charge is 0.255 e. The van der Waals surface area contributed by atoms with Gasteiger partial charge >= 0.3 is 0 Å². The van der Waals surface area contributed by atoms with E-state index in [1.54, 1.807) is 18.2 Å². The predicted octanol–water partition coefficient (Wildman–Crippen LogP) is 6.10. The highest BCUT2D eigenvalue weighted by molar-refractivity contribution is 6.42.